The van der Waals surface area contributed by atoms with E-state index in [-0.39, 0.29) is 0 Å². The fourth-order valence-electron chi connectivity index (χ4n) is 2.48. The first kappa shape index (κ1) is 19.8. The maximum Gasteiger partial charge on any atom is 0.191 e. The molecule has 0 radical (unpaired) electrons. The third-order valence-electron chi connectivity index (χ3n) is 3.93. The molecule has 0 unspecified atom stereocenters. The van der Waals surface area contributed by atoms with Gasteiger partial charge in [0.05, 0.1) is 13.2 Å². The van der Waals surface area contributed by atoms with E-state index in [0.717, 1.165) is 30.4 Å². The molecular weight excluding hydrogens is 326 g/mol. The SMILES string of the molecule is CCNC(=NCc1cccc(OCCOC)c1)NCc1ccccc1C. The maximum absolute atomic E-state index is 5.66. The summed E-state index contributed by atoms with van der Waals surface area (Å²) in [6.45, 7) is 7.47. The van der Waals surface area contributed by atoms with Crippen molar-refractivity contribution in [2.45, 2.75) is 26.9 Å². The van der Waals surface area contributed by atoms with Crippen LogP contribution in [0.25, 0.3) is 0 Å². The molecule has 0 spiro atoms. The monoisotopic (exact) mass is 355 g/mol. The van der Waals surface area contributed by atoms with Crippen molar-refractivity contribution in [2.24, 2.45) is 4.99 Å². The van der Waals surface area contributed by atoms with Crippen LogP contribution in [0, 0.1) is 6.92 Å². The number of aryl methyl sites for hydroxylation is 1. The van der Waals surface area contributed by atoms with Crippen LogP contribution in [-0.2, 0) is 17.8 Å². The first-order chi connectivity index (χ1) is 12.7. The number of ether oxygens (including phenoxy) is 2. The van der Waals surface area contributed by atoms with E-state index in [1.165, 1.54) is 11.1 Å². The van der Waals surface area contributed by atoms with E-state index in [2.05, 4.69) is 59.8 Å². The van der Waals surface area contributed by atoms with Crippen LogP contribution in [0.3, 0.4) is 0 Å². The van der Waals surface area contributed by atoms with Crippen LogP contribution in [0.15, 0.2) is 53.5 Å². The fraction of sp³-hybridized carbons (Fsp3) is 0.381. The van der Waals surface area contributed by atoms with Gasteiger partial charge in [0, 0.05) is 20.2 Å². The van der Waals surface area contributed by atoms with Crippen molar-refractivity contribution in [3.8, 4) is 5.75 Å². The summed E-state index contributed by atoms with van der Waals surface area (Å²) in [4.78, 5) is 4.68. The van der Waals surface area contributed by atoms with Crippen LogP contribution >= 0.6 is 0 Å². The minimum atomic E-state index is 0.545. The van der Waals surface area contributed by atoms with E-state index < -0.39 is 0 Å². The lowest BCUT2D eigenvalue weighted by atomic mass is 10.1. The number of rotatable bonds is 9. The predicted molar refractivity (Wildman–Crippen MR) is 107 cm³/mol. The van der Waals surface area contributed by atoms with Gasteiger partial charge >= 0.3 is 0 Å². The molecule has 26 heavy (non-hydrogen) atoms. The van der Waals surface area contributed by atoms with Gasteiger partial charge in [-0.3, -0.25) is 0 Å². The standard InChI is InChI=1S/C21H29N3O2/c1-4-22-21(24-16-19-10-6-5-8-17(19)2)23-15-18-9-7-11-20(14-18)26-13-12-25-3/h5-11,14H,4,12-13,15-16H2,1-3H3,(H2,22,23,24). The second-order valence-electron chi connectivity index (χ2n) is 5.96. The van der Waals surface area contributed by atoms with Gasteiger partial charge in [0.2, 0.25) is 0 Å². The Labute approximate surface area is 156 Å². The molecule has 2 aromatic rings. The summed E-state index contributed by atoms with van der Waals surface area (Å²) in [6, 6.07) is 16.4. The number of nitrogens with one attached hydrogen (secondary N) is 2. The smallest absolute Gasteiger partial charge is 0.191 e. The largest absolute Gasteiger partial charge is 0.491 e. The molecule has 0 heterocycles. The second kappa shape index (κ2) is 11.2. The van der Waals surface area contributed by atoms with Crippen molar-refractivity contribution in [3.63, 3.8) is 0 Å². The molecule has 0 aliphatic carbocycles. The van der Waals surface area contributed by atoms with Crippen LogP contribution in [-0.4, -0.2) is 32.8 Å². The molecule has 2 aromatic carbocycles. The summed E-state index contributed by atoms with van der Waals surface area (Å²) >= 11 is 0. The highest BCUT2D eigenvalue weighted by Crippen LogP contribution is 2.14. The van der Waals surface area contributed by atoms with Crippen molar-refractivity contribution >= 4 is 5.96 Å². The number of guanidine groups is 1. The third-order valence-corrected chi connectivity index (χ3v) is 3.93. The summed E-state index contributed by atoms with van der Waals surface area (Å²) < 4.78 is 10.7. The zero-order valence-corrected chi connectivity index (χ0v) is 15.9. The van der Waals surface area contributed by atoms with Gasteiger partial charge in [0.1, 0.15) is 12.4 Å². The second-order valence-corrected chi connectivity index (χ2v) is 5.96. The van der Waals surface area contributed by atoms with E-state index >= 15 is 0 Å². The molecule has 5 nitrogen and oxygen atoms in total. The summed E-state index contributed by atoms with van der Waals surface area (Å²) in [7, 11) is 1.67. The lowest BCUT2D eigenvalue weighted by Crippen LogP contribution is -2.36. The molecule has 0 atom stereocenters. The maximum atomic E-state index is 5.66. The summed E-state index contributed by atoms with van der Waals surface area (Å²) in [6.07, 6.45) is 0. The molecule has 0 amide bonds. The van der Waals surface area contributed by atoms with E-state index in [1.54, 1.807) is 7.11 Å². The van der Waals surface area contributed by atoms with Crippen LogP contribution in [0.5, 0.6) is 5.75 Å². The van der Waals surface area contributed by atoms with Crippen LogP contribution < -0.4 is 15.4 Å². The Morgan fingerprint density at radius 1 is 1.04 bits per heavy atom. The van der Waals surface area contributed by atoms with Crippen LogP contribution in [0.1, 0.15) is 23.6 Å². The Morgan fingerprint density at radius 2 is 1.88 bits per heavy atom. The third kappa shape index (κ3) is 6.76. The van der Waals surface area contributed by atoms with Crippen LogP contribution in [0.2, 0.25) is 0 Å². The molecular formula is C21H29N3O2. The molecule has 0 aliphatic heterocycles. The highest BCUT2D eigenvalue weighted by Gasteiger charge is 2.02. The Bertz CT molecular complexity index is 701. The number of hydrogen-bond donors (Lipinski definition) is 2. The Balaban J connectivity index is 1.95. The fourth-order valence-corrected chi connectivity index (χ4v) is 2.48. The lowest BCUT2D eigenvalue weighted by molar-refractivity contribution is 0.146. The zero-order valence-electron chi connectivity index (χ0n) is 15.9. The van der Waals surface area contributed by atoms with E-state index in [1.807, 2.05) is 18.2 Å². The van der Waals surface area contributed by atoms with Crippen molar-refractivity contribution in [3.05, 3.63) is 65.2 Å². The lowest BCUT2D eigenvalue weighted by Gasteiger charge is -2.13. The van der Waals surface area contributed by atoms with Gasteiger partial charge < -0.3 is 20.1 Å². The first-order valence-corrected chi connectivity index (χ1v) is 9.00. The van der Waals surface area contributed by atoms with Gasteiger partial charge in [0.25, 0.3) is 0 Å². The minimum Gasteiger partial charge on any atom is -0.491 e. The van der Waals surface area contributed by atoms with Gasteiger partial charge in [-0.1, -0.05) is 36.4 Å². The number of benzene rings is 2. The first-order valence-electron chi connectivity index (χ1n) is 9.00. The quantitative estimate of drug-likeness (QED) is 0.412. The molecule has 0 aromatic heterocycles. The Morgan fingerprint density at radius 3 is 2.65 bits per heavy atom. The molecule has 2 rings (SSSR count). The normalized spacial score (nSPS) is 11.3. The van der Waals surface area contributed by atoms with Gasteiger partial charge in [0.15, 0.2) is 5.96 Å². The van der Waals surface area contributed by atoms with Crippen molar-refractivity contribution in [1.82, 2.24) is 10.6 Å². The highest BCUT2D eigenvalue weighted by atomic mass is 16.5. The van der Waals surface area contributed by atoms with E-state index in [4.69, 9.17) is 9.47 Å². The van der Waals surface area contributed by atoms with Gasteiger partial charge in [-0.25, -0.2) is 4.99 Å². The topological polar surface area (TPSA) is 54.9 Å². The van der Waals surface area contributed by atoms with Gasteiger partial charge in [-0.15, -0.1) is 0 Å². The summed E-state index contributed by atoms with van der Waals surface area (Å²) in [5.41, 5.74) is 3.65. The predicted octanol–water partition coefficient (Wildman–Crippen LogP) is 3.28. The minimum absolute atomic E-state index is 0.545. The number of hydrogen-bond acceptors (Lipinski definition) is 3. The number of methoxy groups -OCH3 is 1. The Kier molecular flexibility index (Phi) is 8.49. The summed E-state index contributed by atoms with van der Waals surface area (Å²) in [5.74, 6) is 1.65. The number of nitrogens with zero attached hydrogens (tertiary/aromatic N) is 1. The van der Waals surface area contributed by atoms with Crippen molar-refractivity contribution < 1.29 is 9.47 Å². The highest BCUT2D eigenvalue weighted by molar-refractivity contribution is 5.79. The van der Waals surface area contributed by atoms with E-state index in [9.17, 15) is 0 Å². The molecule has 0 saturated carbocycles. The van der Waals surface area contributed by atoms with Crippen LogP contribution in [0.4, 0.5) is 0 Å². The van der Waals surface area contributed by atoms with Crippen molar-refractivity contribution in [2.75, 3.05) is 26.9 Å². The average molecular weight is 355 g/mol. The molecule has 0 fully saturated rings. The van der Waals surface area contributed by atoms with Crippen molar-refractivity contribution in [1.29, 1.82) is 0 Å². The summed E-state index contributed by atoms with van der Waals surface area (Å²) in [5, 5.41) is 6.69. The average Bonchev–Trinajstić information content (AvgIpc) is 2.66. The zero-order chi connectivity index (χ0) is 18.6. The molecule has 0 saturated heterocycles. The van der Waals surface area contributed by atoms with Gasteiger partial charge in [-0.05, 0) is 42.7 Å². The molecule has 0 bridgehead atoms. The molecule has 0 aliphatic rings. The number of aliphatic imine (C=N–C) groups is 1. The molecule has 140 valence electrons. The molecule has 5 heteroatoms. The van der Waals surface area contributed by atoms with E-state index in [0.29, 0.717) is 19.8 Å². The molecule has 2 N–H and O–H groups in total. The Hall–Kier alpha value is -2.53. The van der Waals surface area contributed by atoms with Gasteiger partial charge in [-0.2, -0.15) is 0 Å².